The molecule has 1 heterocycles. The van der Waals surface area contributed by atoms with Gasteiger partial charge in [0, 0.05) is 4.88 Å². The van der Waals surface area contributed by atoms with Crippen LogP contribution in [-0.2, 0) is 22.4 Å². The predicted molar refractivity (Wildman–Crippen MR) is 144 cm³/mol. The fourth-order valence-corrected chi connectivity index (χ4v) is 5.62. The highest BCUT2D eigenvalue weighted by Gasteiger charge is 2.34. The van der Waals surface area contributed by atoms with Crippen molar-refractivity contribution in [1.82, 2.24) is 0 Å². The zero-order valence-corrected chi connectivity index (χ0v) is 22.7. The summed E-state index contributed by atoms with van der Waals surface area (Å²) in [5.41, 5.74) is 2.23. The smallest absolute Gasteiger partial charge is 0.341 e. The molecule has 1 atom stereocenters. The molecule has 1 N–H and O–H groups in total. The number of hydrogen-bond acceptors (Lipinski definition) is 6. The molecular formula is C29H36N2O4S. The van der Waals surface area contributed by atoms with Crippen molar-refractivity contribution in [3.05, 3.63) is 51.4 Å². The highest BCUT2D eigenvalue weighted by atomic mass is 32.1. The van der Waals surface area contributed by atoms with Gasteiger partial charge in [-0.05, 0) is 73.3 Å². The number of nitrogens with zero attached hydrogens (tertiary/aromatic N) is 1. The van der Waals surface area contributed by atoms with Crippen LogP contribution < -0.4 is 10.1 Å². The number of unbranched alkanes of at least 4 members (excludes halogenated alkanes) is 1. The highest BCUT2D eigenvalue weighted by Crippen LogP contribution is 2.44. The van der Waals surface area contributed by atoms with Crippen LogP contribution in [0.2, 0.25) is 0 Å². The molecule has 36 heavy (non-hydrogen) atoms. The van der Waals surface area contributed by atoms with E-state index in [1.807, 2.05) is 30.3 Å². The topological polar surface area (TPSA) is 88.4 Å². The number of benzene rings is 1. The molecule has 1 amide bonds. The Bertz CT molecular complexity index is 1150. The molecule has 1 unspecified atom stereocenters. The number of amides is 1. The first-order valence-electron chi connectivity index (χ1n) is 12.7. The molecule has 0 radical (unpaired) electrons. The van der Waals surface area contributed by atoms with Crippen molar-refractivity contribution >= 4 is 34.3 Å². The average molecular weight is 509 g/mol. The summed E-state index contributed by atoms with van der Waals surface area (Å²) >= 11 is 1.42. The first-order chi connectivity index (χ1) is 17.2. The van der Waals surface area contributed by atoms with Crippen LogP contribution in [0.15, 0.2) is 29.8 Å². The van der Waals surface area contributed by atoms with Gasteiger partial charge in [-0.2, -0.15) is 5.26 Å². The maximum absolute atomic E-state index is 13.1. The Morgan fingerprint density at radius 2 is 1.94 bits per heavy atom. The summed E-state index contributed by atoms with van der Waals surface area (Å²) in [6.45, 7) is 11.5. The molecule has 1 aliphatic carbocycles. The normalized spacial score (nSPS) is 15.6. The van der Waals surface area contributed by atoms with E-state index in [9.17, 15) is 14.9 Å². The summed E-state index contributed by atoms with van der Waals surface area (Å²) in [6, 6.07) is 9.27. The van der Waals surface area contributed by atoms with Gasteiger partial charge in [0.2, 0.25) is 0 Å². The standard InChI is InChI=1S/C29H36N2O4S/c1-6-8-15-35-22-12-9-19(10-13-22)16-20(18-30)26(32)31-27-25(28(33)34-7-2)23-14-11-21(29(3,4)5)17-24(23)36-27/h9-10,12-13,16,21H,6-8,11,14-15,17H2,1-5H3,(H,31,32)/b20-16+. The number of nitriles is 1. The molecule has 0 saturated carbocycles. The zero-order chi connectivity index (χ0) is 26.3. The van der Waals surface area contributed by atoms with Gasteiger partial charge in [0.05, 0.1) is 18.8 Å². The number of carbonyl (C=O) groups excluding carboxylic acids is 2. The van der Waals surface area contributed by atoms with E-state index in [0.717, 1.165) is 48.3 Å². The number of nitrogens with one attached hydrogen (secondary N) is 1. The quantitative estimate of drug-likeness (QED) is 0.174. The molecule has 2 aromatic rings. The van der Waals surface area contributed by atoms with E-state index < -0.39 is 11.9 Å². The predicted octanol–water partition coefficient (Wildman–Crippen LogP) is 6.80. The van der Waals surface area contributed by atoms with Crippen molar-refractivity contribution in [2.75, 3.05) is 18.5 Å². The molecule has 0 saturated heterocycles. The molecule has 7 heteroatoms. The van der Waals surface area contributed by atoms with E-state index in [2.05, 4.69) is 33.0 Å². The SMILES string of the molecule is CCCCOc1ccc(/C=C(\C#N)C(=O)Nc2sc3c(c2C(=O)OCC)CCC(C(C)(C)C)C3)cc1. The summed E-state index contributed by atoms with van der Waals surface area (Å²) in [5.74, 6) is 0.268. The van der Waals surface area contributed by atoms with Gasteiger partial charge in [0.15, 0.2) is 0 Å². The summed E-state index contributed by atoms with van der Waals surface area (Å²) in [5, 5.41) is 13.0. The summed E-state index contributed by atoms with van der Waals surface area (Å²) in [7, 11) is 0. The Kier molecular flexibility index (Phi) is 9.33. The lowest BCUT2D eigenvalue weighted by molar-refractivity contribution is -0.112. The minimum Gasteiger partial charge on any atom is -0.494 e. The Morgan fingerprint density at radius 1 is 1.22 bits per heavy atom. The molecule has 0 spiro atoms. The second-order valence-corrected chi connectivity index (χ2v) is 11.2. The third-order valence-corrected chi connectivity index (χ3v) is 7.69. The Hall–Kier alpha value is -3.11. The number of esters is 1. The van der Waals surface area contributed by atoms with Crippen molar-refractivity contribution in [1.29, 1.82) is 5.26 Å². The third kappa shape index (κ3) is 6.76. The van der Waals surface area contributed by atoms with Gasteiger partial charge in [-0.1, -0.05) is 46.2 Å². The number of hydrogen-bond donors (Lipinski definition) is 1. The molecule has 6 nitrogen and oxygen atoms in total. The molecular weight excluding hydrogens is 472 g/mol. The Balaban J connectivity index is 1.83. The lowest BCUT2D eigenvalue weighted by Gasteiger charge is -2.33. The van der Waals surface area contributed by atoms with Gasteiger partial charge in [0.1, 0.15) is 22.4 Å². The average Bonchev–Trinajstić information content (AvgIpc) is 3.20. The molecule has 3 rings (SSSR count). The lowest BCUT2D eigenvalue weighted by Crippen LogP contribution is -2.26. The van der Waals surface area contributed by atoms with Crippen LogP contribution in [0, 0.1) is 22.7 Å². The van der Waals surface area contributed by atoms with E-state index in [0.29, 0.717) is 28.7 Å². The number of fused-ring (bicyclic) bond motifs is 1. The van der Waals surface area contributed by atoms with E-state index in [4.69, 9.17) is 9.47 Å². The van der Waals surface area contributed by atoms with Crippen LogP contribution in [0.1, 0.15) is 80.2 Å². The maximum atomic E-state index is 13.1. The van der Waals surface area contributed by atoms with Crippen molar-refractivity contribution < 1.29 is 19.1 Å². The summed E-state index contributed by atoms with van der Waals surface area (Å²) in [6.07, 6.45) is 6.19. The van der Waals surface area contributed by atoms with E-state index in [-0.39, 0.29) is 17.6 Å². The number of ether oxygens (including phenoxy) is 2. The molecule has 0 fully saturated rings. The van der Waals surface area contributed by atoms with Gasteiger partial charge in [0.25, 0.3) is 5.91 Å². The van der Waals surface area contributed by atoms with Crippen molar-refractivity contribution in [2.24, 2.45) is 11.3 Å². The van der Waals surface area contributed by atoms with Gasteiger partial charge >= 0.3 is 5.97 Å². The summed E-state index contributed by atoms with van der Waals surface area (Å²) in [4.78, 5) is 27.1. The Labute approximate surface area is 218 Å². The van der Waals surface area contributed by atoms with Crippen molar-refractivity contribution in [3.8, 4) is 11.8 Å². The van der Waals surface area contributed by atoms with Gasteiger partial charge in [-0.25, -0.2) is 4.79 Å². The lowest BCUT2D eigenvalue weighted by atomic mass is 9.72. The van der Waals surface area contributed by atoms with E-state index in [1.165, 1.54) is 11.3 Å². The number of carbonyl (C=O) groups is 2. The highest BCUT2D eigenvalue weighted by molar-refractivity contribution is 7.17. The molecule has 1 aromatic carbocycles. The van der Waals surface area contributed by atoms with Crippen LogP contribution in [0.5, 0.6) is 5.75 Å². The molecule has 0 aliphatic heterocycles. The van der Waals surface area contributed by atoms with Crippen molar-refractivity contribution in [3.63, 3.8) is 0 Å². The van der Waals surface area contributed by atoms with Crippen molar-refractivity contribution in [2.45, 2.75) is 66.7 Å². The van der Waals surface area contributed by atoms with Crippen LogP contribution in [0.4, 0.5) is 5.00 Å². The third-order valence-electron chi connectivity index (χ3n) is 6.52. The van der Waals surface area contributed by atoms with Crippen LogP contribution >= 0.6 is 11.3 Å². The first kappa shape index (κ1) is 27.5. The summed E-state index contributed by atoms with van der Waals surface area (Å²) < 4.78 is 11.0. The van der Waals surface area contributed by atoms with E-state index in [1.54, 1.807) is 13.0 Å². The molecule has 1 aromatic heterocycles. The number of rotatable bonds is 9. The molecule has 0 bridgehead atoms. The molecule has 1 aliphatic rings. The van der Waals surface area contributed by atoms with E-state index >= 15 is 0 Å². The van der Waals surface area contributed by atoms with Crippen LogP contribution in [0.3, 0.4) is 0 Å². The second kappa shape index (κ2) is 12.2. The fourth-order valence-electron chi connectivity index (χ4n) is 4.31. The van der Waals surface area contributed by atoms with Gasteiger partial charge < -0.3 is 14.8 Å². The number of thiophene rings is 1. The number of anilines is 1. The second-order valence-electron chi connectivity index (χ2n) is 10.1. The Morgan fingerprint density at radius 3 is 2.56 bits per heavy atom. The molecule has 192 valence electrons. The minimum absolute atomic E-state index is 0.0385. The van der Waals surface area contributed by atoms with Gasteiger partial charge in [-0.15, -0.1) is 11.3 Å². The zero-order valence-electron chi connectivity index (χ0n) is 21.9. The van der Waals surface area contributed by atoms with Crippen LogP contribution in [-0.4, -0.2) is 25.1 Å². The minimum atomic E-state index is -0.544. The first-order valence-corrected chi connectivity index (χ1v) is 13.5. The van der Waals surface area contributed by atoms with Gasteiger partial charge in [-0.3, -0.25) is 4.79 Å². The maximum Gasteiger partial charge on any atom is 0.341 e. The fraction of sp³-hybridized carbons (Fsp3) is 0.483. The van der Waals surface area contributed by atoms with Crippen LogP contribution in [0.25, 0.3) is 6.08 Å². The monoisotopic (exact) mass is 508 g/mol. The largest absolute Gasteiger partial charge is 0.494 e.